The van der Waals surface area contributed by atoms with Crippen LogP contribution in [0.2, 0.25) is 0 Å². The molecule has 1 aromatic carbocycles. The van der Waals surface area contributed by atoms with Crippen LogP contribution in [0.15, 0.2) is 53.6 Å². The quantitative estimate of drug-likeness (QED) is 0.578. The van der Waals surface area contributed by atoms with Gasteiger partial charge in [-0.2, -0.15) is 13.2 Å². The van der Waals surface area contributed by atoms with Gasteiger partial charge in [0.15, 0.2) is 0 Å². The van der Waals surface area contributed by atoms with Gasteiger partial charge in [-0.1, -0.05) is 18.2 Å². The second kappa shape index (κ2) is 7.48. The van der Waals surface area contributed by atoms with Gasteiger partial charge in [0.05, 0.1) is 11.3 Å². The SMILES string of the molecule is Cc1cccc(C)c1-c1nc(NSc2ccnc(N)c2)ccc1C(F)(F)F. The van der Waals surface area contributed by atoms with E-state index in [0.29, 0.717) is 17.2 Å². The Labute approximate surface area is 159 Å². The third-order valence-corrected chi connectivity index (χ3v) is 4.75. The number of rotatable bonds is 4. The third-order valence-electron chi connectivity index (χ3n) is 3.94. The number of pyridine rings is 2. The molecule has 8 heteroatoms. The second-order valence-electron chi connectivity index (χ2n) is 5.98. The number of nitrogens with one attached hydrogen (secondary N) is 1. The fourth-order valence-electron chi connectivity index (χ4n) is 2.73. The summed E-state index contributed by atoms with van der Waals surface area (Å²) >= 11 is 1.20. The van der Waals surface area contributed by atoms with Crippen molar-refractivity contribution in [3.63, 3.8) is 0 Å². The summed E-state index contributed by atoms with van der Waals surface area (Å²) in [5, 5.41) is 0. The molecule has 0 saturated heterocycles. The first-order chi connectivity index (χ1) is 12.8. The number of nitrogens with zero attached hydrogens (tertiary/aromatic N) is 2. The van der Waals surface area contributed by atoms with Crippen LogP contribution in [-0.4, -0.2) is 9.97 Å². The van der Waals surface area contributed by atoms with Crippen LogP contribution >= 0.6 is 11.9 Å². The summed E-state index contributed by atoms with van der Waals surface area (Å²) in [5.74, 6) is 0.680. The molecule has 140 valence electrons. The Kier molecular flexibility index (Phi) is 5.27. The predicted octanol–water partition coefficient (Wildman–Crippen LogP) is 5.48. The van der Waals surface area contributed by atoms with Crippen molar-refractivity contribution in [1.29, 1.82) is 0 Å². The summed E-state index contributed by atoms with van der Waals surface area (Å²) in [4.78, 5) is 8.95. The lowest BCUT2D eigenvalue weighted by molar-refractivity contribution is -0.137. The van der Waals surface area contributed by atoms with Crippen LogP contribution in [0.1, 0.15) is 16.7 Å². The van der Waals surface area contributed by atoms with E-state index >= 15 is 0 Å². The van der Waals surface area contributed by atoms with E-state index in [1.807, 2.05) is 6.07 Å². The molecule has 2 heterocycles. The average Bonchev–Trinajstić information content (AvgIpc) is 2.59. The number of aromatic nitrogens is 2. The van der Waals surface area contributed by atoms with E-state index in [4.69, 9.17) is 5.73 Å². The Morgan fingerprint density at radius 2 is 1.74 bits per heavy atom. The van der Waals surface area contributed by atoms with Crippen LogP contribution in [0, 0.1) is 13.8 Å². The lowest BCUT2D eigenvalue weighted by Crippen LogP contribution is -2.10. The summed E-state index contributed by atoms with van der Waals surface area (Å²) < 4.78 is 43.6. The number of hydrogen-bond donors (Lipinski definition) is 2. The molecular weight excluding hydrogens is 373 g/mol. The minimum Gasteiger partial charge on any atom is -0.384 e. The minimum atomic E-state index is -4.50. The highest BCUT2D eigenvalue weighted by Crippen LogP contribution is 2.39. The summed E-state index contributed by atoms with van der Waals surface area (Å²) in [6.45, 7) is 3.55. The largest absolute Gasteiger partial charge is 0.418 e. The number of aryl methyl sites for hydroxylation is 2. The van der Waals surface area contributed by atoms with Crippen LogP contribution in [-0.2, 0) is 6.18 Å². The van der Waals surface area contributed by atoms with Crippen molar-refractivity contribution in [2.24, 2.45) is 0 Å². The van der Waals surface area contributed by atoms with Crippen molar-refractivity contribution in [3.8, 4) is 11.3 Å². The molecule has 0 spiro atoms. The van der Waals surface area contributed by atoms with Crippen molar-refractivity contribution >= 4 is 23.6 Å². The van der Waals surface area contributed by atoms with E-state index in [2.05, 4.69) is 14.7 Å². The number of alkyl halides is 3. The minimum absolute atomic E-state index is 0.0852. The average molecular weight is 390 g/mol. The molecule has 0 aliphatic heterocycles. The standard InChI is InChI=1S/C19H17F3N4S/c1-11-4-3-5-12(2)17(11)18-14(19(20,21)22)6-7-16(25-18)26-27-13-8-9-24-15(23)10-13/h3-10H,1-2H3,(H2,23,24)(H,25,26). The van der Waals surface area contributed by atoms with Crippen LogP contribution in [0.25, 0.3) is 11.3 Å². The molecule has 27 heavy (non-hydrogen) atoms. The van der Waals surface area contributed by atoms with Gasteiger partial charge in [-0.3, -0.25) is 0 Å². The zero-order valence-electron chi connectivity index (χ0n) is 14.6. The molecular formula is C19H17F3N4S. The van der Waals surface area contributed by atoms with E-state index < -0.39 is 11.7 Å². The summed E-state index contributed by atoms with van der Waals surface area (Å²) in [6, 6.07) is 11.1. The molecule has 4 nitrogen and oxygen atoms in total. The molecule has 2 aromatic heterocycles. The van der Waals surface area contributed by atoms with E-state index in [0.717, 1.165) is 22.1 Å². The second-order valence-corrected chi connectivity index (χ2v) is 6.86. The highest BCUT2D eigenvalue weighted by Gasteiger charge is 2.35. The Morgan fingerprint density at radius 3 is 2.37 bits per heavy atom. The maximum absolute atomic E-state index is 13.5. The van der Waals surface area contributed by atoms with E-state index in [9.17, 15) is 13.2 Å². The van der Waals surface area contributed by atoms with E-state index in [1.54, 1.807) is 44.3 Å². The Hall–Kier alpha value is -2.74. The van der Waals surface area contributed by atoms with E-state index in [-0.39, 0.29) is 5.69 Å². The van der Waals surface area contributed by atoms with Crippen molar-refractivity contribution in [3.05, 3.63) is 65.4 Å². The van der Waals surface area contributed by atoms with Crippen molar-refractivity contribution in [2.45, 2.75) is 24.9 Å². The summed E-state index contributed by atoms with van der Waals surface area (Å²) in [7, 11) is 0. The van der Waals surface area contributed by atoms with Crippen LogP contribution in [0.5, 0.6) is 0 Å². The number of hydrogen-bond acceptors (Lipinski definition) is 5. The summed E-state index contributed by atoms with van der Waals surface area (Å²) in [6.07, 6.45) is -2.94. The van der Waals surface area contributed by atoms with Gasteiger partial charge in [-0.15, -0.1) is 0 Å². The van der Waals surface area contributed by atoms with Gasteiger partial charge in [0.2, 0.25) is 0 Å². The van der Waals surface area contributed by atoms with Gasteiger partial charge >= 0.3 is 6.18 Å². The fraction of sp³-hybridized carbons (Fsp3) is 0.158. The fourth-order valence-corrected chi connectivity index (χ4v) is 3.37. The van der Waals surface area contributed by atoms with Crippen molar-refractivity contribution in [1.82, 2.24) is 9.97 Å². The number of benzene rings is 1. The lowest BCUT2D eigenvalue weighted by Gasteiger charge is -2.17. The van der Waals surface area contributed by atoms with Gasteiger partial charge in [-0.05, 0) is 61.2 Å². The molecule has 0 amide bonds. The first-order valence-corrected chi connectivity index (χ1v) is 8.86. The zero-order valence-corrected chi connectivity index (χ0v) is 15.4. The van der Waals surface area contributed by atoms with Crippen LogP contribution < -0.4 is 10.5 Å². The molecule has 3 aromatic rings. The Bertz CT molecular complexity index is 953. The molecule has 0 atom stereocenters. The molecule has 3 rings (SSSR count). The molecule has 3 N–H and O–H groups in total. The number of nitrogen functional groups attached to an aromatic ring is 1. The number of anilines is 2. The molecule has 0 bridgehead atoms. The van der Waals surface area contributed by atoms with Crippen molar-refractivity contribution < 1.29 is 13.2 Å². The summed E-state index contributed by atoms with van der Waals surface area (Å²) in [5.41, 5.74) is 6.75. The monoisotopic (exact) mass is 390 g/mol. The third kappa shape index (κ3) is 4.33. The number of halogens is 3. The molecule has 0 fully saturated rings. The molecule has 0 radical (unpaired) electrons. The maximum atomic E-state index is 13.5. The first-order valence-electron chi connectivity index (χ1n) is 8.05. The van der Waals surface area contributed by atoms with Gasteiger partial charge in [-0.25, -0.2) is 9.97 Å². The van der Waals surface area contributed by atoms with Crippen LogP contribution in [0.4, 0.5) is 24.8 Å². The van der Waals surface area contributed by atoms with Gasteiger partial charge in [0.25, 0.3) is 0 Å². The van der Waals surface area contributed by atoms with Gasteiger partial charge in [0.1, 0.15) is 11.6 Å². The predicted molar refractivity (Wildman–Crippen MR) is 102 cm³/mol. The lowest BCUT2D eigenvalue weighted by atomic mass is 9.96. The topological polar surface area (TPSA) is 63.8 Å². The highest BCUT2D eigenvalue weighted by molar-refractivity contribution is 8.00. The molecule has 0 aliphatic rings. The molecule has 0 unspecified atom stereocenters. The first kappa shape index (κ1) is 19.0. The maximum Gasteiger partial charge on any atom is 0.418 e. The highest BCUT2D eigenvalue weighted by atomic mass is 32.2. The van der Waals surface area contributed by atoms with Crippen LogP contribution in [0.3, 0.4) is 0 Å². The smallest absolute Gasteiger partial charge is 0.384 e. The van der Waals surface area contributed by atoms with Crippen molar-refractivity contribution in [2.75, 3.05) is 10.5 Å². The number of nitrogens with two attached hydrogens (primary N) is 1. The molecule has 0 aliphatic carbocycles. The Balaban J connectivity index is 2.01. The Morgan fingerprint density at radius 1 is 1.04 bits per heavy atom. The normalized spacial score (nSPS) is 11.4. The van der Waals surface area contributed by atoms with E-state index in [1.165, 1.54) is 18.0 Å². The molecule has 0 saturated carbocycles. The zero-order chi connectivity index (χ0) is 19.6. The van der Waals surface area contributed by atoms with Gasteiger partial charge in [0, 0.05) is 16.7 Å². The van der Waals surface area contributed by atoms with Gasteiger partial charge < -0.3 is 10.5 Å².